The Morgan fingerprint density at radius 1 is 1.05 bits per heavy atom. The van der Waals surface area contributed by atoms with Gasteiger partial charge >= 0.3 is 13.9 Å². The van der Waals surface area contributed by atoms with E-state index in [9.17, 15) is 23.8 Å². The zero-order valence-corrected chi connectivity index (χ0v) is 21.6. The van der Waals surface area contributed by atoms with Crippen LogP contribution in [0.5, 0.6) is 5.75 Å². The Hall–Kier alpha value is -4.18. The Morgan fingerprint density at radius 2 is 1.72 bits per heavy atom. The van der Waals surface area contributed by atoms with Crippen LogP contribution in [-0.4, -0.2) is 42.0 Å². The molecule has 3 aromatic carbocycles. The molecule has 0 bridgehead atoms. The summed E-state index contributed by atoms with van der Waals surface area (Å²) in [6.45, 7) is -0.501. The third-order valence-corrected chi connectivity index (χ3v) is 7.43. The SMILES string of the molecule is NC(=O)CNC(=O)[C@H](Cc1ccc2c(c1)COP(=O)(O)O2)NC(=O)OCC1c2ccccc2-c2ccccc21. The Labute approximate surface area is 223 Å². The first-order valence-corrected chi connectivity index (χ1v) is 13.7. The predicted octanol–water partition coefficient (Wildman–Crippen LogP) is 2.75. The Kier molecular flexibility index (Phi) is 7.38. The van der Waals surface area contributed by atoms with Crippen LogP contribution in [0, 0.1) is 0 Å². The molecule has 0 aromatic heterocycles. The van der Waals surface area contributed by atoms with Crippen molar-refractivity contribution in [3.05, 3.63) is 89.0 Å². The zero-order chi connectivity index (χ0) is 27.6. The number of carbonyl (C=O) groups excluding carboxylic acids is 3. The van der Waals surface area contributed by atoms with Crippen LogP contribution in [0.2, 0.25) is 0 Å². The number of rotatable bonds is 8. The van der Waals surface area contributed by atoms with E-state index in [1.807, 2.05) is 48.5 Å². The van der Waals surface area contributed by atoms with E-state index in [1.54, 1.807) is 12.1 Å². The third-order valence-electron chi connectivity index (χ3n) is 6.55. The summed E-state index contributed by atoms with van der Waals surface area (Å²) >= 11 is 0. The molecule has 0 saturated carbocycles. The van der Waals surface area contributed by atoms with Crippen LogP contribution in [-0.2, 0) is 36.4 Å². The maximum atomic E-state index is 12.9. The average Bonchev–Trinajstić information content (AvgIpc) is 3.23. The topological polar surface area (TPSA) is 166 Å². The van der Waals surface area contributed by atoms with Crippen molar-refractivity contribution in [3.63, 3.8) is 0 Å². The summed E-state index contributed by atoms with van der Waals surface area (Å²) in [4.78, 5) is 46.4. The van der Waals surface area contributed by atoms with Crippen LogP contribution in [0.3, 0.4) is 0 Å². The maximum Gasteiger partial charge on any atom is 0.527 e. The fraction of sp³-hybridized carbons (Fsp3) is 0.222. The van der Waals surface area contributed by atoms with E-state index < -0.39 is 38.3 Å². The van der Waals surface area contributed by atoms with Gasteiger partial charge in [0.15, 0.2) is 0 Å². The molecule has 1 heterocycles. The maximum absolute atomic E-state index is 12.9. The van der Waals surface area contributed by atoms with Gasteiger partial charge in [0.2, 0.25) is 11.8 Å². The number of benzene rings is 3. The normalized spacial score (nSPS) is 18.1. The van der Waals surface area contributed by atoms with Crippen LogP contribution < -0.4 is 20.9 Å². The number of phosphoric ester groups is 1. The molecular weight excluding hydrogens is 525 g/mol. The number of carbonyl (C=O) groups is 3. The van der Waals surface area contributed by atoms with Gasteiger partial charge in [0, 0.05) is 17.9 Å². The number of primary amides is 1. The summed E-state index contributed by atoms with van der Waals surface area (Å²) in [5.74, 6) is -1.34. The molecule has 0 saturated heterocycles. The molecule has 0 radical (unpaired) electrons. The molecule has 0 fully saturated rings. The standard InChI is InChI=1S/C27H26N3O8P/c28-25(31)13-29-26(32)23(12-16-9-10-24-17(11-16)14-37-39(34,35)38-24)30-27(33)36-15-22-20-7-3-1-5-18(20)19-6-2-4-8-21(19)22/h1-11,22-23H,12-15H2,(H2,28,31)(H,29,32)(H,30,33)(H,34,35)/t23-/m0/s1. The van der Waals surface area contributed by atoms with E-state index in [0.717, 1.165) is 22.3 Å². The number of phosphoric acid groups is 1. The van der Waals surface area contributed by atoms with E-state index in [1.165, 1.54) is 6.07 Å². The molecular formula is C27H26N3O8P. The molecule has 11 nitrogen and oxygen atoms in total. The monoisotopic (exact) mass is 551 g/mol. The fourth-order valence-electron chi connectivity index (χ4n) is 4.79. The Bertz CT molecular complexity index is 1450. The van der Waals surface area contributed by atoms with E-state index in [0.29, 0.717) is 11.1 Å². The first-order valence-electron chi connectivity index (χ1n) is 12.2. The molecule has 5 N–H and O–H groups in total. The van der Waals surface area contributed by atoms with E-state index in [2.05, 4.69) is 10.6 Å². The lowest BCUT2D eigenvalue weighted by atomic mass is 9.98. The second-order valence-electron chi connectivity index (χ2n) is 9.19. The minimum atomic E-state index is -4.15. The van der Waals surface area contributed by atoms with Gasteiger partial charge in [0.05, 0.1) is 13.2 Å². The first-order chi connectivity index (χ1) is 18.7. The van der Waals surface area contributed by atoms with Crippen molar-refractivity contribution in [2.45, 2.75) is 25.0 Å². The Balaban J connectivity index is 1.29. The molecule has 12 heteroatoms. The minimum absolute atomic E-state index is 0.0266. The molecule has 3 aromatic rings. The second kappa shape index (κ2) is 10.9. The van der Waals surface area contributed by atoms with Crippen molar-refractivity contribution in [1.82, 2.24) is 10.6 Å². The highest BCUT2D eigenvalue weighted by atomic mass is 31.2. The van der Waals surface area contributed by atoms with Crippen molar-refractivity contribution < 1.29 is 37.6 Å². The van der Waals surface area contributed by atoms with Crippen molar-refractivity contribution in [2.24, 2.45) is 5.73 Å². The van der Waals surface area contributed by atoms with Crippen LogP contribution in [0.1, 0.15) is 28.2 Å². The molecule has 39 heavy (non-hydrogen) atoms. The number of hydrogen-bond donors (Lipinski definition) is 4. The van der Waals surface area contributed by atoms with Crippen molar-refractivity contribution in [1.29, 1.82) is 0 Å². The summed E-state index contributed by atoms with van der Waals surface area (Å²) in [5.41, 5.74) is 10.5. The quantitative estimate of drug-likeness (QED) is 0.310. The first kappa shape index (κ1) is 26.4. The summed E-state index contributed by atoms with van der Waals surface area (Å²) < 4.78 is 27.0. The van der Waals surface area contributed by atoms with E-state index in [-0.39, 0.29) is 31.3 Å². The highest BCUT2D eigenvalue weighted by Crippen LogP contribution is 2.50. The summed E-state index contributed by atoms with van der Waals surface area (Å²) in [5, 5.41) is 4.98. The number of nitrogens with one attached hydrogen (secondary N) is 2. The van der Waals surface area contributed by atoms with Crippen molar-refractivity contribution in [3.8, 4) is 16.9 Å². The average molecular weight is 551 g/mol. The van der Waals surface area contributed by atoms with Gasteiger partial charge in [0.25, 0.3) is 0 Å². The van der Waals surface area contributed by atoms with Crippen LogP contribution in [0.25, 0.3) is 11.1 Å². The number of alkyl carbamates (subject to hydrolysis) is 1. The number of hydrogen-bond acceptors (Lipinski definition) is 7. The molecule has 1 aliphatic carbocycles. The van der Waals surface area contributed by atoms with Gasteiger partial charge < -0.3 is 25.6 Å². The van der Waals surface area contributed by atoms with E-state index >= 15 is 0 Å². The summed E-state index contributed by atoms with van der Waals surface area (Å²) in [7, 11) is -4.15. The Morgan fingerprint density at radius 3 is 2.38 bits per heavy atom. The van der Waals surface area contributed by atoms with Gasteiger partial charge in [-0.25, -0.2) is 9.36 Å². The summed E-state index contributed by atoms with van der Waals surface area (Å²) in [6.07, 6.45) is -0.777. The number of fused-ring (bicyclic) bond motifs is 4. The molecule has 2 aliphatic rings. The van der Waals surface area contributed by atoms with Gasteiger partial charge in [-0.1, -0.05) is 54.6 Å². The number of nitrogens with two attached hydrogens (primary N) is 1. The zero-order valence-electron chi connectivity index (χ0n) is 20.7. The predicted molar refractivity (Wildman–Crippen MR) is 140 cm³/mol. The van der Waals surface area contributed by atoms with Crippen LogP contribution >= 0.6 is 7.82 Å². The molecule has 2 atom stereocenters. The fourth-order valence-corrected chi connectivity index (χ4v) is 5.57. The lowest BCUT2D eigenvalue weighted by Crippen LogP contribution is -2.49. The highest BCUT2D eigenvalue weighted by Gasteiger charge is 2.32. The van der Waals surface area contributed by atoms with Gasteiger partial charge in [-0.3, -0.25) is 19.0 Å². The second-order valence-corrected chi connectivity index (χ2v) is 10.6. The molecule has 202 valence electrons. The molecule has 0 spiro atoms. The van der Waals surface area contributed by atoms with Gasteiger partial charge in [-0.2, -0.15) is 0 Å². The minimum Gasteiger partial charge on any atom is -0.449 e. The molecule has 1 aliphatic heterocycles. The van der Waals surface area contributed by atoms with Crippen LogP contribution in [0.15, 0.2) is 66.7 Å². The number of ether oxygens (including phenoxy) is 1. The number of amides is 3. The van der Waals surface area contributed by atoms with Gasteiger partial charge in [0.1, 0.15) is 18.4 Å². The van der Waals surface area contributed by atoms with E-state index in [4.69, 9.17) is 19.5 Å². The lowest BCUT2D eigenvalue weighted by Gasteiger charge is -2.23. The van der Waals surface area contributed by atoms with Gasteiger partial charge in [-0.15, -0.1) is 0 Å². The largest absolute Gasteiger partial charge is 0.527 e. The summed E-state index contributed by atoms with van der Waals surface area (Å²) in [6, 6.07) is 19.5. The molecule has 5 rings (SSSR count). The third kappa shape index (κ3) is 5.96. The molecule has 1 unspecified atom stereocenters. The molecule has 3 amide bonds. The van der Waals surface area contributed by atoms with Crippen molar-refractivity contribution in [2.75, 3.05) is 13.2 Å². The lowest BCUT2D eigenvalue weighted by molar-refractivity contribution is -0.126. The van der Waals surface area contributed by atoms with Gasteiger partial charge in [-0.05, 0) is 39.9 Å². The smallest absolute Gasteiger partial charge is 0.449 e. The van der Waals surface area contributed by atoms with Crippen LogP contribution in [0.4, 0.5) is 4.79 Å². The van der Waals surface area contributed by atoms with Crippen molar-refractivity contribution >= 4 is 25.7 Å². The highest BCUT2D eigenvalue weighted by molar-refractivity contribution is 7.47.